The molecule has 0 bridgehead atoms. The molecule has 0 fully saturated rings. The first-order valence-corrected chi connectivity index (χ1v) is 6.14. The van der Waals surface area contributed by atoms with Crippen molar-refractivity contribution in [2.24, 2.45) is 0 Å². The fourth-order valence-electron chi connectivity index (χ4n) is 1.55. The number of carbonyl (C=O) groups is 1. The van der Waals surface area contributed by atoms with Crippen molar-refractivity contribution in [1.82, 2.24) is 4.98 Å². The molecule has 19 heavy (non-hydrogen) atoms. The molecule has 0 unspecified atom stereocenters. The predicted molar refractivity (Wildman–Crippen MR) is 78.0 cm³/mol. The molecule has 1 aromatic carbocycles. The molecular formula is C14H14ClN3O. The van der Waals surface area contributed by atoms with E-state index in [4.69, 9.17) is 11.6 Å². The number of halogens is 1. The van der Waals surface area contributed by atoms with Crippen molar-refractivity contribution in [3.63, 3.8) is 0 Å². The Morgan fingerprint density at radius 1 is 1.16 bits per heavy atom. The normalized spacial score (nSPS) is 10.1. The van der Waals surface area contributed by atoms with E-state index in [0.29, 0.717) is 16.4 Å². The molecule has 0 spiro atoms. The van der Waals surface area contributed by atoms with Gasteiger partial charge in [-0.05, 0) is 36.4 Å². The Bertz CT molecular complexity index is 564. The molecular weight excluding hydrogens is 262 g/mol. The minimum absolute atomic E-state index is 0.194. The minimum Gasteiger partial charge on any atom is -0.378 e. The molecule has 0 saturated heterocycles. The van der Waals surface area contributed by atoms with Crippen LogP contribution in [-0.2, 0) is 0 Å². The number of benzene rings is 1. The van der Waals surface area contributed by atoms with Crippen LogP contribution in [0.4, 0.5) is 11.5 Å². The summed E-state index contributed by atoms with van der Waals surface area (Å²) >= 11 is 5.73. The van der Waals surface area contributed by atoms with E-state index in [1.54, 1.807) is 24.3 Å². The fraction of sp³-hybridized carbons (Fsp3) is 0.143. The van der Waals surface area contributed by atoms with Gasteiger partial charge in [0, 0.05) is 31.5 Å². The first kappa shape index (κ1) is 13.4. The number of carbonyl (C=O) groups excluding carboxylic acids is 1. The Labute approximate surface area is 117 Å². The second-order valence-corrected chi connectivity index (χ2v) is 4.69. The van der Waals surface area contributed by atoms with Crippen LogP contribution >= 0.6 is 11.6 Å². The van der Waals surface area contributed by atoms with Gasteiger partial charge in [-0.1, -0.05) is 11.6 Å². The number of aromatic nitrogens is 1. The first-order chi connectivity index (χ1) is 9.06. The Morgan fingerprint density at radius 3 is 2.37 bits per heavy atom. The number of anilines is 2. The van der Waals surface area contributed by atoms with Crippen LogP contribution < -0.4 is 10.2 Å². The van der Waals surface area contributed by atoms with Crippen LogP contribution in [0.15, 0.2) is 42.6 Å². The summed E-state index contributed by atoms with van der Waals surface area (Å²) in [6, 6.07) is 10.7. The molecule has 0 radical (unpaired) electrons. The van der Waals surface area contributed by atoms with E-state index >= 15 is 0 Å². The van der Waals surface area contributed by atoms with Gasteiger partial charge in [0.05, 0.1) is 5.02 Å². The highest BCUT2D eigenvalue weighted by Crippen LogP contribution is 2.14. The molecule has 5 heteroatoms. The monoisotopic (exact) mass is 275 g/mol. The summed E-state index contributed by atoms with van der Waals surface area (Å²) in [5.74, 6) is 0.284. The Morgan fingerprint density at radius 2 is 1.84 bits per heavy atom. The standard InChI is InChI=1S/C14H14ClN3O/c1-18(2)12-6-3-10(4-7-12)14(19)17-13-8-5-11(15)9-16-13/h3-9H,1-2H3,(H,16,17,19). The summed E-state index contributed by atoms with van der Waals surface area (Å²) in [4.78, 5) is 18.0. The van der Waals surface area contributed by atoms with Crippen molar-refractivity contribution in [3.8, 4) is 0 Å². The highest BCUT2D eigenvalue weighted by molar-refractivity contribution is 6.30. The smallest absolute Gasteiger partial charge is 0.256 e. The van der Waals surface area contributed by atoms with Crippen LogP contribution in [0.2, 0.25) is 5.02 Å². The van der Waals surface area contributed by atoms with E-state index in [0.717, 1.165) is 5.69 Å². The maximum Gasteiger partial charge on any atom is 0.256 e. The summed E-state index contributed by atoms with van der Waals surface area (Å²) in [6.45, 7) is 0. The lowest BCUT2D eigenvalue weighted by Gasteiger charge is -2.12. The minimum atomic E-state index is -0.194. The molecule has 98 valence electrons. The van der Waals surface area contributed by atoms with Gasteiger partial charge in [0.25, 0.3) is 5.91 Å². The van der Waals surface area contributed by atoms with Crippen molar-refractivity contribution >= 4 is 29.0 Å². The maximum atomic E-state index is 12.0. The number of amides is 1. The fourth-order valence-corrected chi connectivity index (χ4v) is 1.66. The number of hydrogen-bond acceptors (Lipinski definition) is 3. The number of nitrogens with zero attached hydrogens (tertiary/aromatic N) is 2. The van der Waals surface area contributed by atoms with E-state index in [1.165, 1.54) is 6.20 Å². The number of hydrogen-bond donors (Lipinski definition) is 1. The number of rotatable bonds is 3. The van der Waals surface area contributed by atoms with Crippen LogP contribution in [0.3, 0.4) is 0 Å². The quantitative estimate of drug-likeness (QED) is 0.936. The van der Waals surface area contributed by atoms with Crippen molar-refractivity contribution in [1.29, 1.82) is 0 Å². The summed E-state index contributed by atoms with van der Waals surface area (Å²) in [5, 5.41) is 3.25. The van der Waals surface area contributed by atoms with Crippen molar-refractivity contribution < 1.29 is 4.79 Å². The highest BCUT2D eigenvalue weighted by Gasteiger charge is 2.07. The third kappa shape index (κ3) is 3.45. The second kappa shape index (κ2) is 5.71. The third-order valence-electron chi connectivity index (χ3n) is 2.61. The number of nitrogens with one attached hydrogen (secondary N) is 1. The average Bonchev–Trinajstić information content (AvgIpc) is 2.41. The lowest BCUT2D eigenvalue weighted by Crippen LogP contribution is -2.13. The molecule has 1 amide bonds. The summed E-state index contributed by atoms with van der Waals surface area (Å²) < 4.78 is 0. The van der Waals surface area contributed by atoms with Crippen molar-refractivity contribution in [2.75, 3.05) is 24.3 Å². The summed E-state index contributed by atoms with van der Waals surface area (Å²) in [6.07, 6.45) is 1.49. The van der Waals surface area contributed by atoms with Gasteiger partial charge >= 0.3 is 0 Å². The summed E-state index contributed by atoms with van der Waals surface area (Å²) in [7, 11) is 3.90. The van der Waals surface area contributed by atoms with Crippen LogP contribution in [0, 0.1) is 0 Å². The first-order valence-electron chi connectivity index (χ1n) is 5.76. The lowest BCUT2D eigenvalue weighted by molar-refractivity contribution is 0.102. The molecule has 0 aliphatic heterocycles. The van der Waals surface area contributed by atoms with E-state index in [9.17, 15) is 4.79 Å². The zero-order chi connectivity index (χ0) is 13.8. The van der Waals surface area contributed by atoms with E-state index in [-0.39, 0.29) is 5.91 Å². The molecule has 1 N–H and O–H groups in total. The zero-order valence-corrected chi connectivity index (χ0v) is 11.5. The molecule has 1 aromatic heterocycles. The SMILES string of the molecule is CN(C)c1ccc(C(=O)Nc2ccc(Cl)cn2)cc1. The molecule has 0 aliphatic rings. The van der Waals surface area contributed by atoms with Gasteiger partial charge in [-0.15, -0.1) is 0 Å². The molecule has 0 atom stereocenters. The van der Waals surface area contributed by atoms with Crippen LogP contribution in [0.25, 0.3) is 0 Å². The molecule has 0 saturated carbocycles. The van der Waals surface area contributed by atoms with E-state index in [2.05, 4.69) is 10.3 Å². The largest absolute Gasteiger partial charge is 0.378 e. The zero-order valence-electron chi connectivity index (χ0n) is 10.7. The lowest BCUT2D eigenvalue weighted by atomic mass is 10.2. The van der Waals surface area contributed by atoms with Crippen LogP contribution in [-0.4, -0.2) is 25.0 Å². The third-order valence-corrected chi connectivity index (χ3v) is 2.84. The molecule has 1 heterocycles. The number of pyridine rings is 1. The Kier molecular flexibility index (Phi) is 4.02. The van der Waals surface area contributed by atoms with Gasteiger partial charge in [0.15, 0.2) is 0 Å². The van der Waals surface area contributed by atoms with Crippen LogP contribution in [0.5, 0.6) is 0 Å². The molecule has 0 aliphatic carbocycles. The Hall–Kier alpha value is -2.07. The van der Waals surface area contributed by atoms with Gasteiger partial charge < -0.3 is 10.2 Å². The van der Waals surface area contributed by atoms with Gasteiger partial charge in [-0.3, -0.25) is 4.79 Å². The van der Waals surface area contributed by atoms with E-state index < -0.39 is 0 Å². The predicted octanol–water partition coefficient (Wildman–Crippen LogP) is 3.05. The van der Waals surface area contributed by atoms with Crippen LogP contribution in [0.1, 0.15) is 10.4 Å². The van der Waals surface area contributed by atoms with Crippen molar-refractivity contribution in [2.45, 2.75) is 0 Å². The van der Waals surface area contributed by atoms with Gasteiger partial charge in [-0.25, -0.2) is 4.98 Å². The summed E-state index contributed by atoms with van der Waals surface area (Å²) in [5.41, 5.74) is 1.63. The van der Waals surface area contributed by atoms with E-state index in [1.807, 2.05) is 31.1 Å². The van der Waals surface area contributed by atoms with Gasteiger partial charge in [0.2, 0.25) is 0 Å². The topological polar surface area (TPSA) is 45.2 Å². The molecule has 2 rings (SSSR count). The Balaban J connectivity index is 2.09. The molecule has 4 nitrogen and oxygen atoms in total. The van der Waals surface area contributed by atoms with Gasteiger partial charge in [0.1, 0.15) is 5.82 Å². The average molecular weight is 276 g/mol. The highest BCUT2D eigenvalue weighted by atomic mass is 35.5. The van der Waals surface area contributed by atoms with Gasteiger partial charge in [-0.2, -0.15) is 0 Å². The van der Waals surface area contributed by atoms with Crippen molar-refractivity contribution in [3.05, 3.63) is 53.2 Å². The maximum absolute atomic E-state index is 12.0. The molecule has 2 aromatic rings. The second-order valence-electron chi connectivity index (χ2n) is 4.26.